The molecule has 5 nitrogen and oxygen atoms in total. The molecule has 1 aromatic heterocycles. The van der Waals surface area contributed by atoms with E-state index in [-0.39, 0.29) is 23.4 Å². The van der Waals surface area contributed by atoms with Gasteiger partial charge >= 0.3 is 0 Å². The Hall–Kier alpha value is -2.31. The molecule has 1 aromatic carbocycles. The molecule has 2 aliphatic rings. The highest BCUT2D eigenvalue weighted by Gasteiger charge is 2.47. The maximum atomic E-state index is 13.0. The van der Waals surface area contributed by atoms with Crippen LogP contribution < -0.4 is 0 Å². The van der Waals surface area contributed by atoms with Crippen molar-refractivity contribution in [3.8, 4) is 0 Å². The maximum absolute atomic E-state index is 13.0. The Morgan fingerprint density at radius 2 is 2.19 bits per heavy atom. The van der Waals surface area contributed by atoms with Gasteiger partial charge in [0.1, 0.15) is 5.82 Å². The number of likely N-dealkylation sites (tertiary alicyclic amines) is 1. The number of pyridine rings is 1. The molecule has 0 N–H and O–H groups in total. The number of hydrogen-bond donors (Lipinski definition) is 0. The molecule has 6 heteroatoms. The van der Waals surface area contributed by atoms with Crippen LogP contribution in [-0.2, 0) is 16.1 Å². The molecule has 2 saturated heterocycles. The normalized spacial score (nSPS) is 25.1. The molecule has 2 aliphatic heterocycles. The summed E-state index contributed by atoms with van der Waals surface area (Å²) < 4.78 is 25.0. The van der Waals surface area contributed by atoms with Crippen molar-refractivity contribution in [1.82, 2.24) is 9.88 Å². The van der Waals surface area contributed by atoms with E-state index in [0.717, 1.165) is 18.4 Å². The number of benzene rings is 1. The van der Waals surface area contributed by atoms with Gasteiger partial charge in [0.15, 0.2) is 0 Å². The smallest absolute Gasteiger partial charge is 0.253 e. The summed E-state index contributed by atoms with van der Waals surface area (Å²) in [7, 11) is 0. The minimum atomic E-state index is -0.341. The third-order valence-corrected chi connectivity index (χ3v) is 5.08. The summed E-state index contributed by atoms with van der Waals surface area (Å²) in [5.74, 6) is -0.419. The largest absolute Gasteiger partial charge is 0.371 e. The average Bonchev–Trinajstić information content (AvgIpc) is 3.28. The van der Waals surface area contributed by atoms with Crippen LogP contribution >= 0.6 is 0 Å². The fourth-order valence-electron chi connectivity index (χ4n) is 3.68. The second-order valence-electron chi connectivity index (χ2n) is 6.98. The van der Waals surface area contributed by atoms with Gasteiger partial charge in [-0.2, -0.15) is 0 Å². The Labute approximate surface area is 151 Å². The van der Waals surface area contributed by atoms with Gasteiger partial charge in [-0.05, 0) is 42.3 Å². The second kappa shape index (κ2) is 7.13. The van der Waals surface area contributed by atoms with Crippen molar-refractivity contribution in [3.63, 3.8) is 0 Å². The number of carbonyl (C=O) groups excluding carboxylic acids is 1. The standard InChI is InChI=1S/C20H21FN2O3/c21-17-5-3-16(4-6-17)19(24)23-9-7-20(14-23)10-18(13-26-20)25-12-15-2-1-8-22-11-15/h1-6,8,11,18H,7,9-10,12-14H2/t18-,20+/m1/s1. The second-order valence-corrected chi connectivity index (χ2v) is 6.98. The van der Waals surface area contributed by atoms with Crippen molar-refractivity contribution >= 4 is 5.91 Å². The molecular weight excluding hydrogens is 335 g/mol. The van der Waals surface area contributed by atoms with Crippen LogP contribution in [0.5, 0.6) is 0 Å². The van der Waals surface area contributed by atoms with Crippen LogP contribution in [-0.4, -0.2) is 47.2 Å². The highest BCUT2D eigenvalue weighted by Crippen LogP contribution is 2.37. The van der Waals surface area contributed by atoms with Crippen molar-refractivity contribution < 1.29 is 18.7 Å². The molecule has 0 unspecified atom stereocenters. The quantitative estimate of drug-likeness (QED) is 0.845. The van der Waals surface area contributed by atoms with Crippen molar-refractivity contribution in [1.29, 1.82) is 0 Å². The molecular formula is C20H21FN2O3. The lowest BCUT2D eigenvalue weighted by molar-refractivity contribution is 0.000249. The predicted octanol–water partition coefficient (Wildman–Crippen LogP) is 2.81. The number of nitrogens with zero attached hydrogens (tertiary/aromatic N) is 2. The van der Waals surface area contributed by atoms with Gasteiger partial charge in [-0.3, -0.25) is 9.78 Å². The Morgan fingerprint density at radius 3 is 2.96 bits per heavy atom. The maximum Gasteiger partial charge on any atom is 0.253 e. The number of amides is 1. The minimum absolute atomic E-state index is 0.0241. The van der Waals surface area contributed by atoms with Crippen LogP contribution in [0.4, 0.5) is 4.39 Å². The summed E-state index contributed by atoms with van der Waals surface area (Å²) in [5.41, 5.74) is 1.22. The molecule has 0 radical (unpaired) electrons. The Morgan fingerprint density at radius 1 is 1.35 bits per heavy atom. The molecule has 4 rings (SSSR count). The Kier molecular flexibility index (Phi) is 4.70. The van der Waals surface area contributed by atoms with E-state index in [4.69, 9.17) is 9.47 Å². The van der Waals surface area contributed by atoms with Gasteiger partial charge in [0, 0.05) is 30.9 Å². The average molecular weight is 356 g/mol. The fourth-order valence-corrected chi connectivity index (χ4v) is 3.68. The van der Waals surface area contributed by atoms with E-state index < -0.39 is 0 Å². The van der Waals surface area contributed by atoms with E-state index in [1.165, 1.54) is 24.3 Å². The van der Waals surface area contributed by atoms with Crippen molar-refractivity contribution in [2.75, 3.05) is 19.7 Å². The van der Waals surface area contributed by atoms with Gasteiger partial charge in [0.25, 0.3) is 5.91 Å². The van der Waals surface area contributed by atoms with Gasteiger partial charge in [-0.15, -0.1) is 0 Å². The predicted molar refractivity (Wildman–Crippen MR) is 93.0 cm³/mol. The zero-order valence-electron chi connectivity index (χ0n) is 14.4. The number of carbonyl (C=O) groups is 1. The van der Waals surface area contributed by atoms with E-state index in [9.17, 15) is 9.18 Å². The van der Waals surface area contributed by atoms with E-state index in [1.807, 2.05) is 12.1 Å². The first-order valence-electron chi connectivity index (χ1n) is 8.83. The summed E-state index contributed by atoms with van der Waals surface area (Å²) in [5, 5.41) is 0. The van der Waals surface area contributed by atoms with Crippen LogP contribution in [0.3, 0.4) is 0 Å². The highest BCUT2D eigenvalue weighted by molar-refractivity contribution is 5.94. The number of rotatable bonds is 4. The van der Waals surface area contributed by atoms with Crippen molar-refractivity contribution in [3.05, 3.63) is 65.7 Å². The number of aromatic nitrogens is 1. The molecule has 3 heterocycles. The van der Waals surface area contributed by atoms with Crippen LogP contribution in [0.1, 0.15) is 28.8 Å². The molecule has 1 amide bonds. The number of halogens is 1. The van der Waals surface area contributed by atoms with E-state index in [1.54, 1.807) is 17.3 Å². The van der Waals surface area contributed by atoms with E-state index in [2.05, 4.69) is 4.98 Å². The molecule has 0 bridgehead atoms. The fraction of sp³-hybridized carbons (Fsp3) is 0.400. The van der Waals surface area contributed by atoms with Gasteiger partial charge in [0.05, 0.1) is 31.5 Å². The molecule has 2 aromatic rings. The molecule has 136 valence electrons. The SMILES string of the molecule is O=C(c1ccc(F)cc1)N1CC[C@]2(C[C@@H](OCc3cccnc3)CO2)C1. The summed E-state index contributed by atoms with van der Waals surface area (Å²) in [6.07, 6.45) is 5.14. The zero-order chi connectivity index (χ0) is 18.0. The van der Waals surface area contributed by atoms with Crippen LogP contribution in [0.25, 0.3) is 0 Å². The van der Waals surface area contributed by atoms with Gasteiger partial charge in [-0.1, -0.05) is 6.07 Å². The first-order chi connectivity index (χ1) is 12.6. The summed E-state index contributed by atoms with van der Waals surface area (Å²) in [6.45, 7) is 2.25. The minimum Gasteiger partial charge on any atom is -0.371 e. The lowest BCUT2D eigenvalue weighted by Gasteiger charge is -2.23. The lowest BCUT2D eigenvalue weighted by Crippen LogP contribution is -2.36. The van der Waals surface area contributed by atoms with Gasteiger partial charge in [0.2, 0.25) is 0 Å². The lowest BCUT2D eigenvalue weighted by atomic mass is 9.98. The summed E-state index contributed by atoms with van der Waals surface area (Å²) >= 11 is 0. The first kappa shape index (κ1) is 17.1. The van der Waals surface area contributed by atoms with Crippen LogP contribution in [0, 0.1) is 5.82 Å². The van der Waals surface area contributed by atoms with Crippen LogP contribution in [0.15, 0.2) is 48.8 Å². The topological polar surface area (TPSA) is 51.7 Å². The summed E-state index contributed by atoms with van der Waals surface area (Å²) in [4.78, 5) is 18.5. The molecule has 26 heavy (non-hydrogen) atoms. The highest BCUT2D eigenvalue weighted by atomic mass is 19.1. The van der Waals surface area contributed by atoms with E-state index in [0.29, 0.717) is 31.9 Å². The van der Waals surface area contributed by atoms with Crippen molar-refractivity contribution in [2.45, 2.75) is 31.2 Å². The third kappa shape index (κ3) is 3.61. The van der Waals surface area contributed by atoms with Gasteiger partial charge in [-0.25, -0.2) is 4.39 Å². The molecule has 2 fully saturated rings. The number of hydrogen-bond acceptors (Lipinski definition) is 4. The summed E-state index contributed by atoms with van der Waals surface area (Å²) in [6, 6.07) is 9.55. The molecule has 1 spiro atoms. The van der Waals surface area contributed by atoms with Crippen molar-refractivity contribution in [2.24, 2.45) is 0 Å². The number of ether oxygens (including phenoxy) is 2. The zero-order valence-corrected chi connectivity index (χ0v) is 14.4. The van der Waals surface area contributed by atoms with E-state index >= 15 is 0 Å². The van der Waals surface area contributed by atoms with Gasteiger partial charge < -0.3 is 14.4 Å². The molecule has 0 saturated carbocycles. The molecule has 0 aliphatic carbocycles. The Balaban J connectivity index is 1.33. The van der Waals surface area contributed by atoms with Crippen LogP contribution in [0.2, 0.25) is 0 Å². The first-order valence-corrected chi connectivity index (χ1v) is 8.83. The third-order valence-electron chi connectivity index (χ3n) is 5.08. The molecule has 2 atom stereocenters. The monoisotopic (exact) mass is 356 g/mol. The Bertz CT molecular complexity index is 768.